The molecule has 3 aromatic rings. The van der Waals surface area contributed by atoms with Gasteiger partial charge in [0.2, 0.25) is 5.13 Å². The maximum absolute atomic E-state index is 12.5. The molecule has 0 unspecified atom stereocenters. The Balaban J connectivity index is 1.73. The number of aryl methyl sites for hydroxylation is 1. The van der Waals surface area contributed by atoms with Crippen LogP contribution in [-0.4, -0.2) is 21.1 Å². The van der Waals surface area contributed by atoms with Crippen LogP contribution in [0.1, 0.15) is 41.6 Å². The van der Waals surface area contributed by atoms with Crippen molar-refractivity contribution in [3.8, 4) is 0 Å². The normalized spacial score (nSPS) is 10.8. The summed E-state index contributed by atoms with van der Waals surface area (Å²) in [6.07, 6.45) is 6.07. The topological polar surface area (TPSA) is 67.8 Å². The lowest BCUT2D eigenvalue weighted by molar-refractivity contribution is 0.102. The van der Waals surface area contributed by atoms with Crippen LogP contribution in [0.5, 0.6) is 0 Å². The number of hydrogen-bond acceptors (Lipinski definition) is 5. The van der Waals surface area contributed by atoms with E-state index in [1.807, 2.05) is 24.3 Å². The monoisotopic (exact) mass is 326 g/mol. The van der Waals surface area contributed by atoms with E-state index in [2.05, 4.69) is 27.4 Å². The van der Waals surface area contributed by atoms with E-state index in [0.29, 0.717) is 16.2 Å². The lowest BCUT2D eigenvalue weighted by Gasteiger charge is -2.04. The van der Waals surface area contributed by atoms with E-state index < -0.39 is 0 Å². The third kappa shape index (κ3) is 3.71. The van der Waals surface area contributed by atoms with Gasteiger partial charge in [0.1, 0.15) is 5.01 Å². The van der Waals surface area contributed by atoms with Crippen LogP contribution >= 0.6 is 11.3 Å². The molecule has 2 aromatic heterocycles. The number of amides is 1. The van der Waals surface area contributed by atoms with Gasteiger partial charge in [0.05, 0.1) is 11.1 Å². The maximum Gasteiger partial charge on any atom is 0.259 e. The minimum atomic E-state index is -0.203. The van der Waals surface area contributed by atoms with E-state index in [1.165, 1.54) is 24.2 Å². The van der Waals surface area contributed by atoms with Gasteiger partial charge in [-0.05, 0) is 18.6 Å². The smallest absolute Gasteiger partial charge is 0.259 e. The van der Waals surface area contributed by atoms with Gasteiger partial charge in [-0.2, -0.15) is 0 Å². The number of unbranched alkanes of at least 4 members (excludes halogenated alkanes) is 2. The number of aromatic nitrogens is 3. The molecule has 0 spiro atoms. The molecular weight excluding hydrogens is 308 g/mol. The Hall–Kier alpha value is -2.34. The summed E-state index contributed by atoms with van der Waals surface area (Å²) in [5, 5.41) is 13.5. The highest BCUT2D eigenvalue weighted by atomic mass is 32.1. The lowest BCUT2D eigenvalue weighted by atomic mass is 10.1. The Kier molecular flexibility index (Phi) is 4.92. The molecule has 0 aliphatic rings. The van der Waals surface area contributed by atoms with Crippen LogP contribution in [0.4, 0.5) is 5.13 Å². The number of hydrogen-bond donors (Lipinski definition) is 1. The highest BCUT2D eigenvalue weighted by Gasteiger charge is 2.13. The zero-order valence-corrected chi connectivity index (χ0v) is 13.8. The first-order valence-corrected chi connectivity index (χ1v) is 8.57. The average molecular weight is 326 g/mol. The van der Waals surface area contributed by atoms with Crippen LogP contribution in [0.3, 0.4) is 0 Å². The van der Waals surface area contributed by atoms with Gasteiger partial charge in [0.15, 0.2) is 0 Å². The average Bonchev–Trinajstić information content (AvgIpc) is 3.02. The fourth-order valence-corrected chi connectivity index (χ4v) is 3.16. The molecule has 0 aliphatic carbocycles. The van der Waals surface area contributed by atoms with Crippen molar-refractivity contribution < 1.29 is 4.79 Å². The molecule has 1 aromatic carbocycles. The molecule has 0 fully saturated rings. The largest absolute Gasteiger partial charge is 0.296 e. The summed E-state index contributed by atoms with van der Waals surface area (Å²) < 4.78 is 0. The second kappa shape index (κ2) is 7.28. The van der Waals surface area contributed by atoms with Crippen LogP contribution in [0.15, 0.2) is 36.5 Å². The SMILES string of the molecule is CCCCCc1nnc(NC(=O)c2cccc3cccnc23)s1. The molecule has 0 atom stereocenters. The van der Waals surface area contributed by atoms with Crippen molar-refractivity contribution in [1.82, 2.24) is 15.2 Å². The summed E-state index contributed by atoms with van der Waals surface area (Å²) in [5.74, 6) is -0.203. The minimum absolute atomic E-state index is 0.203. The number of carbonyl (C=O) groups is 1. The van der Waals surface area contributed by atoms with Gasteiger partial charge in [-0.25, -0.2) is 0 Å². The molecule has 118 valence electrons. The van der Waals surface area contributed by atoms with Crippen molar-refractivity contribution in [3.63, 3.8) is 0 Å². The molecule has 0 saturated heterocycles. The second-order valence-corrected chi connectivity index (χ2v) is 6.35. The van der Waals surface area contributed by atoms with E-state index in [9.17, 15) is 4.79 Å². The number of fused-ring (bicyclic) bond motifs is 1. The van der Waals surface area contributed by atoms with Crippen molar-refractivity contribution in [2.45, 2.75) is 32.6 Å². The molecule has 0 aliphatic heterocycles. The number of pyridine rings is 1. The van der Waals surface area contributed by atoms with Crippen molar-refractivity contribution in [1.29, 1.82) is 0 Å². The Morgan fingerprint density at radius 3 is 2.91 bits per heavy atom. The predicted molar refractivity (Wildman–Crippen MR) is 92.8 cm³/mol. The Morgan fingerprint density at radius 1 is 1.17 bits per heavy atom. The third-order valence-corrected chi connectivity index (χ3v) is 4.46. The molecule has 3 rings (SSSR count). The number of carbonyl (C=O) groups excluding carboxylic acids is 1. The zero-order chi connectivity index (χ0) is 16.1. The molecule has 0 bridgehead atoms. The Bertz CT molecular complexity index is 810. The lowest BCUT2D eigenvalue weighted by Crippen LogP contribution is -2.12. The quantitative estimate of drug-likeness (QED) is 0.693. The number of rotatable bonds is 6. The fourth-order valence-electron chi connectivity index (χ4n) is 2.38. The maximum atomic E-state index is 12.5. The number of nitrogens with zero attached hydrogens (tertiary/aromatic N) is 3. The van der Waals surface area contributed by atoms with E-state index in [0.717, 1.165) is 23.2 Å². The number of anilines is 1. The summed E-state index contributed by atoms with van der Waals surface area (Å²) in [5.41, 5.74) is 1.24. The van der Waals surface area contributed by atoms with Crippen molar-refractivity contribution in [2.75, 3.05) is 5.32 Å². The Morgan fingerprint density at radius 2 is 2.04 bits per heavy atom. The molecule has 5 nitrogen and oxygen atoms in total. The molecular formula is C17H18N4OS. The third-order valence-electron chi connectivity index (χ3n) is 3.56. The highest BCUT2D eigenvalue weighted by Crippen LogP contribution is 2.21. The molecule has 2 heterocycles. The van der Waals surface area contributed by atoms with Crippen LogP contribution in [0.2, 0.25) is 0 Å². The van der Waals surface area contributed by atoms with Gasteiger partial charge < -0.3 is 0 Å². The number of para-hydroxylation sites is 1. The van der Waals surface area contributed by atoms with Gasteiger partial charge >= 0.3 is 0 Å². The van der Waals surface area contributed by atoms with Gasteiger partial charge in [-0.3, -0.25) is 15.1 Å². The number of nitrogens with one attached hydrogen (secondary N) is 1. The van der Waals surface area contributed by atoms with Gasteiger partial charge in [0, 0.05) is 18.0 Å². The summed E-state index contributed by atoms with van der Waals surface area (Å²) in [4.78, 5) is 16.8. The Labute approximate surface area is 138 Å². The molecule has 0 radical (unpaired) electrons. The summed E-state index contributed by atoms with van der Waals surface area (Å²) in [6.45, 7) is 2.17. The van der Waals surface area contributed by atoms with Crippen molar-refractivity contribution in [2.24, 2.45) is 0 Å². The number of benzene rings is 1. The van der Waals surface area contributed by atoms with E-state index in [1.54, 1.807) is 12.3 Å². The highest BCUT2D eigenvalue weighted by molar-refractivity contribution is 7.15. The van der Waals surface area contributed by atoms with Gasteiger partial charge in [-0.1, -0.05) is 49.3 Å². The van der Waals surface area contributed by atoms with Crippen LogP contribution in [-0.2, 0) is 6.42 Å². The van der Waals surface area contributed by atoms with Crippen LogP contribution < -0.4 is 5.32 Å². The summed E-state index contributed by atoms with van der Waals surface area (Å²) >= 11 is 1.44. The minimum Gasteiger partial charge on any atom is -0.296 e. The van der Waals surface area contributed by atoms with E-state index in [4.69, 9.17) is 0 Å². The first kappa shape index (κ1) is 15.6. The second-order valence-electron chi connectivity index (χ2n) is 5.29. The van der Waals surface area contributed by atoms with Crippen molar-refractivity contribution in [3.05, 3.63) is 47.1 Å². The standard InChI is InChI=1S/C17H18N4OS/c1-2-3-4-10-14-20-21-17(23-14)19-16(22)13-9-5-7-12-8-6-11-18-15(12)13/h5-9,11H,2-4,10H2,1H3,(H,19,21,22). The molecule has 6 heteroatoms. The molecule has 0 saturated carbocycles. The molecule has 1 amide bonds. The van der Waals surface area contributed by atoms with Crippen LogP contribution in [0.25, 0.3) is 10.9 Å². The van der Waals surface area contributed by atoms with Crippen LogP contribution in [0, 0.1) is 0 Å². The zero-order valence-electron chi connectivity index (χ0n) is 13.0. The van der Waals surface area contributed by atoms with E-state index in [-0.39, 0.29) is 5.91 Å². The summed E-state index contributed by atoms with van der Waals surface area (Å²) in [7, 11) is 0. The molecule has 23 heavy (non-hydrogen) atoms. The first-order chi connectivity index (χ1) is 11.3. The fraction of sp³-hybridized carbons (Fsp3) is 0.294. The first-order valence-electron chi connectivity index (χ1n) is 7.75. The van der Waals surface area contributed by atoms with Gasteiger partial charge in [0.25, 0.3) is 5.91 Å². The molecule has 1 N–H and O–H groups in total. The predicted octanol–water partition coefficient (Wildman–Crippen LogP) is 4.07. The van der Waals surface area contributed by atoms with Gasteiger partial charge in [-0.15, -0.1) is 10.2 Å². The van der Waals surface area contributed by atoms with E-state index >= 15 is 0 Å². The van der Waals surface area contributed by atoms with Crippen molar-refractivity contribution >= 4 is 33.3 Å². The summed E-state index contributed by atoms with van der Waals surface area (Å²) in [6, 6.07) is 9.37.